The lowest BCUT2D eigenvalue weighted by Gasteiger charge is -2.31. The van der Waals surface area contributed by atoms with E-state index >= 15 is 0 Å². The molecular formula is C12H23NO. The van der Waals surface area contributed by atoms with Crippen LogP contribution in [0.2, 0.25) is 0 Å². The fourth-order valence-corrected chi connectivity index (χ4v) is 2.52. The molecule has 82 valence electrons. The molecule has 0 aliphatic carbocycles. The molecule has 1 fully saturated rings. The number of hydrogen-bond acceptors (Lipinski definition) is 2. The van der Waals surface area contributed by atoms with Crippen LogP contribution in [-0.4, -0.2) is 29.8 Å². The lowest BCUT2D eigenvalue weighted by molar-refractivity contribution is -0.123. The van der Waals surface area contributed by atoms with Crippen molar-refractivity contribution in [2.45, 2.75) is 52.5 Å². The van der Waals surface area contributed by atoms with E-state index in [9.17, 15) is 4.79 Å². The molecule has 0 bridgehead atoms. The first kappa shape index (κ1) is 11.7. The van der Waals surface area contributed by atoms with Gasteiger partial charge in [0.25, 0.3) is 0 Å². The summed E-state index contributed by atoms with van der Waals surface area (Å²) in [6, 6.07) is 0.160. The van der Waals surface area contributed by atoms with Crippen molar-refractivity contribution in [3.63, 3.8) is 0 Å². The largest absolute Gasteiger partial charge is 0.298 e. The van der Waals surface area contributed by atoms with Crippen molar-refractivity contribution in [3.8, 4) is 0 Å². The highest BCUT2D eigenvalue weighted by atomic mass is 16.1. The highest BCUT2D eigenvalue weighted by Crippen LogP contribution is 2.17. The summed E-state index contributed by atoms with van der Waals surface area (Å²) < 4.78 is 0. The molecule has 0 aromatic carbocycles. The molecule has 1 aliphatic heterocycles. The van der Waals surface area contributed by atoms with Gasteiger partial charge in [-0.2, -0.15) is 0 Å². The molecule has 1 heterocycles. The fraction of sp³-hybridized carbons (Fsp3) is 0.917. The van der Waals surface area contributed by atoms with Crippen LogP contribution in [0.15, 0.2) is 0 Å². The maximum absolute atomic E-state index is 11.6. The van der Waals surface area contributed by atoms with Crippen LogP contribution in [-0.2, 0) is 4.79 Å². The van der Waals surface area contributed by atoms with Crippen molar-refractivity contribution in [1.29, 1.82) is 0 Å². The first-order chi connectivity index (χ1) is 6.63. The Balaban J connectivity index is 2.60. The minimum atomic E-state index is 0.160. The van der Waals surface area contributed by atoms with E-state index < -0.39 is 0 Å². The summed E-state index contributed by atoms with van der Waals surface area (Å²) in [6.45, 7) is 8.26. The Morgan fingerprint density at radius 1 is 1.07 bits per heavy atom. The highest BCUT2D eigenvalue weighted by Gasteiger charge is 2.25. The minimum Gasteiger partial charge on any atom is -0.298 e. The predicted molar refractivity (Wildman–Crippen MR) is 59.3 cm³/mol. The third-order valence-electron chi connectivity index (χ3n) is 3.08. The molecule has 0 spiro atoms. The van der Waals surface area contributed by atoms with Crippen LogP contribution in [0, 0.1) is 5.92 Å². The van der Waals surface area contributed by atoms with E-state index in [-0.39, 0.29) is 6.04 Å². The Kier molecular flexibility index (Phi) is 4.59. The molecule has 0 amide bonds. The molecular weight excluding hydrogens is 174 g/mol. The van der Waals surface area contributed by atoms with E-state index in [1.165, 1.54) is 25.7 Å². The topological polar surface area (TPSA) is 20.3 Å². The maximum Gasteiger partial charge on any atom is 0.147 e. The van der Waals surface area contributed by atoms with Gasteiger partial charge in [-0.1, -0.05) is 26.7 Å². The molecule has 1 aliphatic rings. The zero-order chi connectivity index (χ0) is 10.6. The van der Waals surface area contributed by atoms with Gasteiger partial charge in [-0.15, -0.1) is 0 Å². The molecule has 0 N–H and O–H groups in total. The van der Waals surface area contributed by atoms with Gasteiger partial charge in [0.15, 0.2) is 0 Å². The molecule has 0 radical (unpaired) electrons. The Morgan fingerprint density at radius 2 is 1.57 bits per heavy atom. The van der Waals surface area contributed by atoms with Crippen molar-refractivity contribution in [2.75, 3.05) is 13.1 Å². The molecule has 1 unspecified atom stereocenters. The monoisotopic (exact) mass is 197 g/mol. The number of carbonyl (C=O) groups excluding carboxylic acids is 1. The van der Waals surface area contributed by atoms with Crippen LogP contribution >= 0.6 is 0 Å². The first-order valence-corrected chi connectivity index (χ1v) is 5.87. The summed E-state index contributed by atoms with van der Waals surface area (Å²) in [7, 11) is 0. The molecule has 0 aromatic rings. The average Bonchev–Trinajstić information content (AvgIpc) is 2.31. The third kappa shape index (κ3) is 3.09. The summed E-state index contributed by atoms with van der Waals surface area (Å²) in [5, 5.41) is 0. The summed E-state index contributed by atoms with van der Waals surface area (Å²) in [6.07, 6.45) is 5.19. The molecule has 2 nitrogen and oxygen atoms in total. The van der Waals surface area contributed by atoms with E-state index in [4.69, 9.17) is 0 Å². The van der Waals surface area contributed by atoms with Gasteiger partial charge in [0.05, 0.1) is 6.04 Å². The van der Waals surface area contributed by atoms with Crippen LogP contribution < -0.4 is 0 Å². The van der Waals surface area contributed by atoms with E-state index in [1.807, 2.05) is 0 Å². The SMILES string of the molecule is CC(=O)C(C(C)C)N1CCCCCC1. The van der Waals surface area contributed by atoms with Gasteiger partial charge in [-0.25, -0.2) is 0 Å². The summed E-state index contributed by atoms with van der Waals surface area (Å²) in [4.78, 5) is 13.9. The van der Waals surface area contributed by atoms with Crippen LogP contribution in [0.1, 0.15) is 46.5 Å². The van der Waals surface area contributed by atoms with Gasteiger partial charge >= 0.3 is 0 Å². The Labute approximate surface area is 87.7 Å². The van der Waals surface area contributed by atoms with Crippen LogP contribution in [0.3, 0.4) is 0 Å². The number of likely N-dealkylation sites (tertiary alicyclic amines) is 1. The van der Waals surface area contributed by atoms with Crippen LogP contribution in [0.25, 0.3) is 0 Å². The highest BCUT2D eigenvalue weighted by molar-refractivity contribution is 5.81. The Morgan fingerprint density at radius 3 is 1.93 bits per heavy atom. The maximum atomic E-state index is 11.6. The molecule has 1 atom stereocenters. The minimum absolute atomic E-state index is 0.160. The molecule has 14 heavy (non-hydrogen) atoms. The van der Waals surface area contributed by atoms with Gasteiger partial charge in [0.1, 0.15) is 5.78 Å². The van der Waals surface area contributed by atoms with Crippen molar-refractivity contribution in [3.05, 3.63) is 0 Å². The third-order valence-corrected chi connectivity index (χ3v) is 3.08. The molecule has 0 saturated carbocycles. The zero-order valence-corrected chi connectivity index (χ0v) is 9.75. The van der Waals surface area contributed by atoms with Gasteiger partial charge in [-0.05, 0) is 38.8 Å². The quantitative estimate of drug-likeness (QED) is 0.692. The lowest BCUT2D eigenvalue weighted by Crippen LogP contribution is -2.44. The molecule has 1 saturated heterocycles. The molecule has 0 aromatic heterocycles. The Bertz CT molecular complexity index is 181. The number of Topliss-reactive ketones (excluding diaryl/α,β-unsaturated/α-hetero) is 1. The first-order valence-electron chi connectivity index (χ1n) is 5.87. The van der Waals surface area contributed by atoms with Gasteiger partial charge in [-0.3, -0.25) is 9.69 Å². The summed E-state index contributed by atoms with van der Waals surface area (Å²) in [5.41, 5.74) is 0. The number of hydrogen-bond donors (Lipinski definition) is 0. The zero-order valence-electron chi connectivity index (χ0n) is 9.75. The van der Waals surface area contributed by atoms with Gasteiger partial charge in [0.2, 0.25) is 0 Å². The predicted octanol–water partition coefficient (Wildman–Crippen LogP) is 2.48. The number of ketones is 1. The average molecular weight is 197 g/mol. The number of rotatable bonds is 3. The second-order valence-electron chi connectivity index (χ2n) is 4.75. The lowest BCUT2D eigenvalue weighted by atomic mass is 9.98. The van der Waals surface area contributed by atoms with Gasteiger partial charge < -0.3 is 0 Å². The molecule has 2 heteroatoms. The summed E-state index contributed by atoms with van der Waals surface area (Å²) >= 11 is 0. The van der Waals surface area contributed by atoms with Crippen LogP contribution in [0.5, 0.6) is 0 Å². The van der Waals surface area contributed by atoms with E-state index in [0.717, 1.165) is 13.1 Å². The molecule has 1 rings (SSSR count). The van der Waals surface area contributed by atoms with Crippen molar-refractivity contribution in [2.24, 2.45) is 5.92 Å². The van der Waals surface area contributed by atoms with E-state index in [0.29, 0.717) is 11.7 Å². The summed E-state index contributed by atoms with van der Waals surface area (Å²) in [5.74, 6) is 0.785. The van der Waals surface area contributed by atoms with Crippen molar-refractivity contribution < 1.29 is 4.79 Å². The fourth-order valence-electron chi connectivity index (χ4n) is 2.52. The number of nitrogens with zero attached hydrogens (tertiary/aromatic N) is 1. The van der Waals surface area contributed by atoms with Crippen molar-refractivity contribution in [1.82, 2.24) is 4.90 Å². The van der Waals surface area contributed by atoms with Gasteiger partial charge in [0, 0.05) is 0 Å². The Hall–Kier alpha value is -0.370. The number of carbonyl (C=O) groups is 1. The smallest absolute Gasteiger partial charge is 0.147 e. The second kappa shape index (κ2) is 5.50. The second-order valence-corrected chi connectivity index (χ2v) is 4.75. The van der Waals surface area contributed by atoms with Crippen LogP contribution in [0.4, 0.5) is 0 Å². The standard InChI is InChI=1S/C12H23NO/c1-10(2)12(11(3)14)13-8-6-4-5-7-9-13/h10,12H,4-9H2,1-3H3. The van der Waals surface area contributed by atoms with Crippen molar-refractivity contribution >= 4 is 5.78 Å². The normalized spacial score (nSPS) is 22.0. The van der Waals surface area contributed by atoms with E-state index in [2.05, 4.69) is 18.7 Å². The van der Waals surface area contributed by atoms with E-state index in [1.54, 1.807) is 6.92 Å².